The molecule has 0 saturated carbocycles. The van der Waals surface area contributed by atoms with Gasteiger partial charge in [-0.2, -0.15) is 0 Å². The van der Waals surface area contributed by atoms with E-state index in [-0.39, 0.29) is 5.82 Å². The minimum absolute atomic E-state index is 0.182. The van der Waals surface area contributed by atoms with Gasteiger partial charge in [0.15, 0.2) is 0 Å². The molecule has 0 spiro atoms. The molecule has 0 N–H and O–H groups in total. The summed E-state index contributed by atoms with van der Waals surface area (Å²) < 4.78 is 13.6. The van der Waals surface area contributed by atoms with Crippen LogP contribution in [-0.2, 0) is 6.42 Å². The molecule has 0 aliphatic carbocycles. The van der Waals surface area contributed by atoms with Gasteiger partial charge in [0, 0.05) is 24.7 Å². The smallest absolute Gasteiger partial charge is 0.126 e. The summed E-state index contributed by atoms with van der Waals surface area (Å²) in [6, 6.07) is 6.82. The molecule has 1 fully saturated rings. The van der Waals surface area contributed by atoms with Gasteiger partial charge in [-0.05, 0) is 44.6 Å². The Hall–Kier alpha value is -1.81. The van der Waals surface area contributed by atoms with Gasteiger partial charge >= 0.3 is 0 Å². The Bertz CT molecular complexity index is 589. The third kappa shape index (κ3) is 3.45. The Morgan fingerprint density at radius 2 is 1.90 bits per heavy atom. The van der Waals surface area contributed by atoms with Gasteiger partial charge in [-0.1, -0.05) is 18.2 Å². The van der Waals surface area contributed by atoms with Gasteiger partial charge in [0.2, 0.25) is 0 Å². The molecule has 0 atom stereocenters. The number of piperidine rings is 1. The van der Waals surface area contributed by atoms with Crippen molar-refractivity contribution in [1.29, 1.82) is 0 Å². The third-order valence-corrected chi connectivity index (χ3v) is 4.19. The topological polar surface area (TPSA) is 29.0 Å². The van der Waals surface area contributed by atoms with E-state index in [1.165, 1.54) is 6.07 Å². The van der Waals surface area contributed by atoms with Crippen LogP contribution >= 0.6 is 0 Å². The first-order valence-electron chi connectivity index (χ1n) is 7.45. The third-order valence-electron chi connectivity index (χ3n) is 4.19. The van der Waals surface area contributed by atoms with Crippen LogP contribution in [0.25, 0.3) is 0 Å². The number of halogens is 1. The average Bonchev–Trinajstić information content (AvgIpc) is 2.51. The SMILES string of the molecule is CN1CCC(c2cnc(Cc3ccccc3F)cn2)CC1. The summed E-state index contributed by atoms with van der Waals surface area (Å²) in [6.45, 7) is 2.23. The van der Waals surface area contributed by atoms with E-state index in [0.717, 1.165) is 37.3 Å². The number of hydrogen-bond donors (Lipinski definition) is 0. The average molecular weight is 285 g/mol. The Morgan fingerprint density at radius 3 is 2.57 bits per heavy atom. The summed E-state index contributed by atoms with van der Waals surface area (Å²) in [5, 5.41) is 0. The Balaban J connectivity index is 1.68. The quantitative estimate of drug-likeness (QED) is 0.868. The van der Waals surface area contributed by atoms with Crippen molar-refractivity contribution in [1.82, 2.24) is 14.9 Å². The van der Waals surface area contributed by atoms with E-state index < -0.39 is 0 Å². The van der Waals surface area contributed by atoms with Crippen LogP contribution in [0.4, 0.5) is 4.39 Å². The highest BCUT2D eigenvalue weighted by atomic mass is 19.1. The summed E-state index contributed by atoms with van der Waals surface area (Å²) in [6.07, 6.45) is 6.43. The van der Waals surface area contributed by atoms with Crippen molar-refractivity contribution < 1.29 is 4.39 Å². The Kier molecular flexibility index (Phi) is 4.25. The predicted molar refractivity (Wildman–Crippen MR) is 80.7 cm³/mol. The number of hydrogen-bond acceptors (Lipinski definition) is 3. The zero-order chi connectivity index (χ0) is 14.7. The Labute approximate surface area is 124 Å². The molecule has 1 aliphatic heterocycles. The standard InChI is InChI=1S/C17H20FN3/c1-21-8-6-13(7-9-21)17-12-19-15(11-20-17)10-14-4-2-3-5-16(14)18/h2-5,11-13H,6-10H2,1H3. The highest BCUT2D eigenvalue weighted by molar-refractivity contribution is 5.22. The zero-order valence-corrected chi connectivity index (χ0v) is 12.3. The maximum absolute atomic E-state index is 13.6. The van der Waals surface area contributed by atoms with E-state index in [4.69, 9.17) is 0 Å². The molecule has 0 bridgehead atoms. The van der Waals surface area contributed by atoms with Crippen LogP contribution in [-0.4, -0.2) is 35.0 Å². The molecule has 0 unspecified atom stereocenters. The fraction of sp³-hybridized carbons (Fsp3) is 0.412. The molecular formula is C17H20FN3. The highest BCUT2D eigenvalue weighted by Crippen LogP contribution is 2.25. The van der Waals surface area contributed by atoms with Crippen molar-refractivity contribution >= 4 is 0 Å². The fourth-order valence-corrected chi connectivity index (χ4v) is 2.81. The molecule has 3 nitrogen and oxygen atoms in total. The molecule has 1 saturated heterocycles. The van der Waals surface area contributed by atoms with Crippen LogP contribution in [0.2, 0.25) is 0 Å². The van der Waals surface area contributed by atoms with Crippen LogP contribution in [0, 0.1) is 5.82 Å². The van der Waals surface area contributed by atoms with Crippen molar-refractivity contribution in [2.75, 3.05) is 20.1 Å². The van der Waals surface area contributed by atoms with Crippen LogP contribution in [0.1, 0.15) is 35.7 Å². The maximum atomic E-state index is 13.6. The highest BCUT2D eigenvalue weighted by Gasteiger charge is 2.19. The number of likely N-dealkylation sites (tertiary alicyclic amines) is 1. The molecule has 0 amide bonds. The Morgan fingerprint density at radius 1 is 1.14 bits per heavy atom. The van der Waals surface area contributed by atoms with E-state index in [2.05, 4.69) is 21.9 Å². The van der Waals surface area contributed by atoms with Gasteiger partial charge in [-0.15, -0.1) is 0 Å². The first-order chi connectivity index (χ1) is 10.2. The van der Waals surface area contributed by atoms with Crippen molar-refractivity contribution in [3.63, 3.8) is 0 Å². The van der Waals surface area contributed by atoms with Gasteiger partial charge in [-0.25, -0.2) is 4.39 Å². The first-order valence-corrected chi connectivity index (χ1v) is 7.45. The molecule has 1 aliphatic rings. The predicted octanol–water partition coefficient (Wildman–Crippen LogP) is 3.02. The second kappa shape index (κ2) is 6.31. The van der Waals surface area contributed by atoms with Crippen molar-refractivity contribution in [3.05, 3.63) is 59.4 Å². The number of aromatic nitrogens is 2. The minimum atomic E-state index is -0.182. The summed E-state index contributed by atoms with van der Waals surface area (Å²) in [5.41, 5.74) is 2.55. The van der Waals surface area contributed by atoms with Gasteiger partial charge in [0.25, 0.3) is 0 Å². The molecule has 110 valence electrons. The molecule has 21 heavy (non-hydrogen) atoms. The first kappa shape index (κ1) is 14.1. The zero-order valence-electron chi connectivity index (χ0n) is 12.3. The summed E-state index contributed by atoms with van der Waals surface area (Å²) in [5.74, 6) is 0.329. The molecule has 1 aromatic heterocycles. The van der Waals surface area contributed by atoms with E-state index in [1.54, 1.807) is 18.3 Å². The second-order valence-corrected chi connectivity index (χ2v) is 5.78. The second-order valence-electron chi connectivity index (χ2n) is 5.78. The molecule has 2 heterocycles. The van der Waals surface area contributed by atoms with Crippen LogP contribution in [0.15, 0.2) is 36.7 Å². The lowest BCUT2D eigenvalue weighted by molar-refractivity contribution is 0.253. The van der Waals surface area contributed by atoms with Crippen LogP contribution < -0.4 is 0 Å². The lowest BCUT2D eigenvalue weighted by atomic mass is 9.94. The van der Waals surface area contributed by atoms with Crippen LogP contribution in [0.5, 0.6) is 0 Å². The molecular weight excluding hydrogens is 265 g/mol. The van der Waals surface area contributed by atoms with Gasteiger partial charge < -0.3 is 4.90 Å². The number of benzene rings is 1. The molecule has 4 heteroatoms. The van der Waals surface area contributed by atoms with Gasteiger partial charge in [0.1, 0.15) is 5.82 Å². The normalized spacial score (nSPS) is 17.0. The number of nitrogens with zero attached hydrogens (tertiary/aromatic N) is 3. The van der Waals surface area contributed by atoms with Gasteiger partial charge in [0.05, 0.1) is 11.4 Å². The van der Waals surface area contributed by atoms with Crippen molar-refractivity contribution in [2.45, 2.75) is 25.2 Å². The summed E-state index contributed by atoms with van der Waals surface area (Å²) >= 11 is 0. The molecule has 0 radical (unpaired) electrons. The lowest BCUT2D eigenvalue weighted by Gasteiger charge is -2.28. The van der Waals surface area contributed by atoms with E-state index in [9.17, 15) is 4.39 Å². The van der Waals surface area contributed by atoms with E-state index >= 15 is 0 Å². The van der Waals surface area contributed by atoms with Crippen molar-refractivity contribution in [3.8, 4) is 0 Å². The monoisotopic (exact) mass is 285 g/mol. The van der Waals surface area contributed by atoms with Crippen LogP contribution in [0.3, 0.4) is 0 Å². The maximum Gasteiger partial charge on any atom is 0.126 e. The number of rotatable bonds is 3. The van der Waals surface area contributed by atoms with E-state index in [1.807, 2.05) is 12.3 Å². The molecule has 1 aromatic carbocycles. The van der Waals surface area contributed by atoms with E-state index in [0.29, 0.717) is 17.9 Å². The lowest BCUT2D eigenvalue weighted by Crippen LogP contribution is -2.29. The molecule has 2 aromatic rings. The van der Waals surface area contributed by atoms with Gasteiger partial charge in [-0.3, -0.25) is 9.97 Å². The summed E-state index contributed by atoms with van der Waals surface area (Å²) in [7, 11) is 2.15. The van der Waals surface area contributed by atoms with Crippen molar-refractivity contribution in [2.24, 2.45) is 0 Å². The minimum Gasteiger partial charge on any atom is -0.306 e. The largest absolute Gasteiger partial charge is 0.306 e. The summed E-state index contributed by atoms with van der Waals surface area (Å²) in [4.78, 5) is 11.4. The molecule has 3 rings (SSSR count). The fourth-order valence-electron chi connectivity index (χ4n) is 2.81.